The second-order valence-electron chi connectivity index (χ2n) is 5.48. The van der Waals surface area contributed by atoms with Crippen LogP contribution in [0, 0.1) is 11.3 Å². The number of fused-ring (bicyclic) bond motifs is 1. The Kier molecular flexibility index (Phi) is 3.51. The summed E-state index contributed by atoms with van der Waals surface area (Å²) >= 11 is 0. The van der Waals surface area contributed by atoms with E-state index in [2.05, 4.69) is 10.3 Å². The zero-order chi connectivity index (χ0) is 16.8. The first-order chi connectivity index (χ1) is 10.8. The van der Waals surface area contributed by atoms with Crippen LogP contribution in [0.25, 0.3) is 10.9 Å². The molecule has 23 heavy (non-hydrogen) atoms. The third kappa shape index (κ3) is 2.74. The number of hydrogen-bond acceptors (Lipinski definition) is 3. The third-order valence-corrected chi connectivity index (χ3v) is 3.88. The van der Waals surface area contributed by atoms with Crippen molar-refractivity contribution in [2.75, 3.05) is 5.32 Å². The summed E-state index contributed by atoms with van der Waals surface area (Å²) in [7, 11) is 0. The quantitative estimate of drug-likeness (QED) is 0.832. The lowest BCUT2D eigenvalue weighted by Crippen LogP contribution is -2.37. The van der Waals surface area contributed by atoms with Crippen molar-refractivity contribution in [2.45, 2.75) is 31.2 Å². The molecule has 0 saturated heterocycles. The maximum Gasteiger partial charge on any atom is 0.416 e. The molecule has 0 aliphatic heterocycles. The Balaban J connectivity index is 2.15. The number of H-pyrrole nitrogens is 1. The van der Waals surface area contributed by atoms with Crippen molar-refractivity contribution in [3.63, 3.8) is 0 Å². The monoisotopic (exact) mass is 325 g/mol. The molecule has 0 unspecified atom stereocenters. The molecule has 3 rings (SSSR count). The molecule has 0 spiro atoms. The Bertz CT molecular complexity index is 860. The van der Waals surface area contributed by atoms with E-state index in [1.165, 1.54) is 6.07 Å². The lowest BCUT2D eigenvalue weighted by atomic mass is 9.90. The minimum absolute atomic E-state index is 0.0255. The molecule has 1 aromatic carbocycles. The Morgan fingerprint density at radius 3 is 2.57 bits per heavy atom. The van der Waals surface area contributed by atoms with Gasteiger partial charge in [0.05, 0.1) is 16.8 Å². The molecule has 1 aliphatic carbocycles. The van der Waals surface area contributed by atoms with Gasteiger partial charge in [0.25, 0.3) is 5.56 Å². The highest BCUT2D eigenvalue weighted by Gasteiger charge is 2.32. The average Bonchev–Trinajstić information content (AvgIpc) is 2.44. The largest absolute Gasteiger partial charge is 0.416 e. The molecular formula is C15H11F4N3O. The zero-order valence-corrected chi connectivity index (χ0v) is 11.7. The van der Waals surface area contributed by atoms with Crippen LogP contribution in [0.3, 0.4) is 0 Å². The van der Waals surface area contributed by atoms with Gasteiger partial charge in [-0.05, 0) is 25.0 Å². The van der Waals surface area contributed by atoms with Crippen molar-refractivity contribution in [2.24, 2.45) is 0 Å². The van der Waals surface area contributed by atoms with E-state index in [-0.39, 0.29) is 41.0 Å². The van der Waals surface area contributed by atoms with Gasteiger partial charge >= 0.3 is 6.18 Å². The SMILES string of the molecule is N#Cc1c(N[C@H]2C[C@@H](F)C2)c2ccc(C(F)(F)F)cc2[nH]c1=O. The summed E-state index contributed by atoms with van der Waals surface area (Å²) in [5.41, 5.74) is -1.78. The summed E-state index contributed by atoms with van der Waals surface area (Å²) in [6.07, 6.45) is -5.01. The first-order valence-corrected chi connectivity index (χ1v) is 6.87. The van der Waals surface area contributed by atoms with Crippen LogP contribution < -0.4 is 10.9 Å². The molecular weight excluding hydrogens is 314 g/mol. The molecule has 1 saturated carbocycles. The summed E-state index contributed by atoms with van der Waals surface area (Å²) in [4.78, 5) is 14.2. The van der Waals surface area contributed by atoms with Gasteiger partial charge in [-0.3, -0.25) is 4.79 Å². The van der Waals surface area contributed by atoms with Crippen LogP contribution in [0.1, 0.15) is 24.0 Å². The van der Waals surface area contributed by atoms with E-state index < -0.39 is 23.5 Å². The second kappa shape index (κ2) is 5.26. The zero-order valence-electron chi connectivity index (χ0n) is 11.7. The van der Waals surface area contributed by atoms with E-state index in [4.69, 9.17) is 5.26 Å². The van der Waals surface area contributed by atoms with Crippen LogP contribution in [0.15, 0.2) is 23.0 Å². The van der Waals surface area contributed by atoms with Gasteiger partial charge < -0.3 is 10.3 Å². The van der Waals surface area contributed by atoms with Gasteiger partial charge in [0.15, 0.2) is 0 Å². The van der Waals surface area contributed by atoms with Crippen LogP contribution in [0.5, 0.6) is 0 Å². The number of aromatic nitrogens is 1. The number of nitrogens with zero attached hydrogens (tertiary/aromatic N) is 1. The molecule has 1 heterocycles. The summed E-state index contributed by atoms with van der Waals surface area (Å²) in [5.74, 6) is 0. The molecule has 1 aromatic heterocycles. The molecule has 4 nitrogen and oxygen atoms in total. The van der Waals surface area contributed by atoms with Gasteiger partial charge in [-0.25, -0.2) is 4.39 Å². The van der Waals surface area contributed by atoms with E-state index in [0.29, 0.717) is 0 Å². The van der Waals surface area contributed by atoms with E-state index in [9.17, 15) is 22.4 Å². The fourth-order valence-electron chi connectivity index (χ4n) is 2.60. The highest BCUT2D eigenvalue weighted by atomic mass is 19.4. The van der Waals surface area contributed by atoms with Crippen molar-refractivity contribution in [3.05, 3.63) is 39.7 Å². The number of pyridine rings is 1. The van der Waals surface area contributed by atoms with Crippen molar-refractivity contribution in [3.8, 4) is 6.07 Å². The number of nitriles is 1. The molecule has 0 bridgehead atoms. The summed E-state index contributed by atoms with van der Waals surface area (Å²) < 4.78 is 51.3. The van der Waals surface area contributed by atoms with Crippen molar-refractivity contribution >= 4 is 16.6 Å². The Hall–Kier alpha value is -2.56. The Morgan fingerprint density at radius 2 is 2.00 bits per heavy atom. The molecule has 0 radical (unpaired) electrons. The molecule has 1 fully saturated rings. The summed E-state index contributed by atoms with van der Waals surface area (Å²) in [6, 6.07) is 4.40. The smallest absolute Gasteiger partial charge is 0.380 e. The van der Waals surface area contributed by atoms with Gasteiger partial charge in [0, 0.05) is 11.4 Å². The van der Waals surface area contributed by atoms with E-state index >= 15 is 0 Å². The van der Waals surface area contributed by atoms with E-state index in [1.807, 2.05) is 0 Å². The van der Waals surface area contributed by atoms with Gasteiger partial charge in [0.2, 0.25) is 0 Å². The predicted octanol–water partition coefficient (Wildman–Crippen LogP) is 3.33. The van der Waals surface area contributed by atoms with Gasteiger partial charge in [-0.1, -0.05) is 6.07 Å². The Labute approximate surface area is 127 Å². The highest BCUT2D eigenvalue weighted by Crippen LogP contribution is 2.34. The second-order valence-corrected chi connectivity index (χ2v) is 5.48. The maximum atomic E-state index is 12.9. The van der Waals surface area contributed by atoms with Crippen LogP contribution in [0.2, 0.25) is 0 Å². The van der Waals surface area contributed by atoms with Crippen molar-refractivity contribution in [1.82, 2.24) is 4.98 Å². The van der Waals surface area contributed by atoms with Crippen molar-refractivity contribution in [1.29, 1.82) is 5.26 Å². The number of alkyl halides is 4. The normalized spacial score (nSPS) is 20.8. The minimum atomic E-state index is -4.54. The lowest BCUT2D eigenvalue weighted by Gasteiger charge is -2.31. The summed E-state index contributed by atoms with van der Waals surface area (Å²) in [5, 5.41) is 12.3. The average molecular weight is 325 g/mol. The van der Waals surface area contributed by atoms with Gasteiger partial charge in [-0.15, -0.1) is 0 Å². The number of rotatable bonds is 2. The van der Waals surface area contributed by atoms with Crippen LogP contribution in [-0.2, 0) is 6.18 Å². The van der Waals surface area contributed by atoms with Crippen LogP contribution in [0.4, 0.5) is 23.2 Å². The topological polar surface area (TPSA) is 68.7 Å². The number of aromatic amines is 1. The van der Waals surface area contributed by atoms with Crippen molar-refractivity contribution < 1.29 is 17.6 Å². The molecule has 120 valence electrons. The first-order valence-electron chi connectivity index (χ1n) is 6.87. The number of nitrogens with one attached hydrogen (secondary N) is 2. The van der Waals surface area contributed by atoms with Gasteiger partial charge in [0.1, 0.15) is 17.8 Å². The standard InChI is InChI=1S/C15H11F4N3O/c16-8-4-9(5-8)21-13-10-2-1-7(15(17,18)19)3-12(10)22-14(23)11(13)6-20/h1-3,8-9H,4-5H2,(H2,21,22,23)/t8-,9+. The number of halogens is 4. The fourth-order valence-corrected chi connectivity index (χ4v) is 2.60. The lowest BCUT2D eigenvalue weighted by molar-refractivity contribution is -0.137. The maximum absolute atomic E-state index is 12.9. The van der Waals surface area contributed by atoms with Crippen LogP contribution in [-0.4, -0.2) is 17.2 Å². The predicted molar refractivity (Wildman–Crippen MR) is 75.8 cm³/mol. The molecule has 0 amide bonds. The number of hydrogen-bond donors (Lipinski definition) is 2. The molecule has 2 aromatic rings. The third-order valence-electron chi connectivity index (χ3n) is 3.88. The first kappa shape index (κ1) is 15.3. The molecule has 1 aliphatic rings. The number of anilines is 1. The fraction of sp³-hybridized carbons (Fsp3) is 0.333. The summed E-state index contributed by atoms with van der Waals surface area (Å²) in [6.45, 7) is 0. The molecule has 8 heteroatoms. The van der Waals surface area contributed by atoms with E-state index in [0.717, 1.165) is 12.1 Å². The van der Waals surface area contributed by atoms with Gasteiger partial charge in [-0.2, -0.15) is 18.4 Å². The molecule has 2 N–H and O–H groups in total. The number of benzene rings is 1. The molecule has 0 atom stereocenters. The van der Waals surface area contributed by atoms with E-state index in [1.54, 1.807) is 6.07 Å². The minimum Gasteiger partial charge on any atom is -0.380 e. The highest BCUT2D eigenvalue weighted by molar-refractivity contribution is 5.94. The Morgan fingerprint density at radius 1 is 1.30 bits per heavy atom. The van der Waals surface area contributed by atoms with Crippen LogP contribution >= 0.6 is 0 Å².